The van der Waals surface area contributed by atoms with Gasteiger partial charge in [-0.1, -0.05) is 0 Å². The van der Waals surface area contributed by atoms with Gasteiger partial charge >= 0.3 is 0 Å². The van der Waals surface area contributed by atoms with E-state index in [9.17, 15) is 0 Å². The Labute approximate surface area is 227 Å². The highest BCUT2D eigenvalue weighted by Gasteiger charge is 2.46. The van der Waals surface area contributed by atoms with Gasteiger partial charge in [-0.3, -0.25) is 0 Å². The summed E-state index contributed by atoms with van der Waals surface area (Å²) in [5.74, 6) is 4.32. The topological polar surface area (TPSA) is 55.4 Å². The van der Waals surface area contributed by atoms with Crippen LogP contribution in [0.3, 0.4) is 0 Å². The molecule has 0 N–H and O–H groups in total. The molecule has 1 unspecified atom stereocenters. The molecule has 0 aromatic heterocycles. The van der Waals surface area contributed by atoms with Crippen molar-refractivity contribution in [3.05, 3.63) is 36.4 Å². The van der Waals surface area contributed by atoms with Crippen molar-refractivity contribution in [2.24, 2.45) is 0 Å². The predicted octanol–water partition coefficient (Wildman–Crippen LogP) is 8.43. The van der Waals surface area contributed by atoms with E-state index >= 15 is 0 Å². The summed E-state index contributed by atoms with van der Waals surface area (Å²) in [6.45, 7) is 16.8. The van der Waals surface area contributed by atoms with E-state index in [0.29, 0.717) is 23.9 Å². The fraction of sp³-hybridized carbons (Fsp3) is 0.419. The van der Waals surface area contributed by atoms with Gasteiger partial charge in [-0.2, -0.15) is 0 Å². The van der Waals surface area contributed by atoms with Gasteiger partial charge in [0.25, 0.3) is 0 Å². The predicted molar refractivity (Wildman–Crippen MR) is 154 cm³/mol. The molecule has 0 aliphatic carbocycles. The lowest BCUT2D eigenvalue weighted by molar-refractivity contribution is -0.0989. The van der Waals surface area contributed by atoms with Gasteiger partial charge in [0.2, 0.25) is 0 Å². The summed E-state index contributed by atoms with van der Waals surface area (Å²) in [4.78, 5) is 0. The molecule has 0 fully saturated rings. The van der Waals surface area contributed by atoms with Crippen LogP contribution >= 0.6 is 12.0 Å². The second-order valence-electron chi connectivity index (χ2n) is 11.2. The molecule has 0 bridgehead atoms. The van der Waals surface area contributed by atoms with Gasteiger partial charge in [-0.05, 0) is 124 Å². The van der Waals surface area contributed by atoms with Gasteiger partial charge < -0.3 is 27.9 Å². The molecule has 6 nitrogen and oxygen atoms in total. The van der Waals surface area contributed by atoms with Crippen molar-refractivity contribution in [3.63, 3.8) is 0 Å². The molecule has 4 aromatic carbocycles. The van der Waals surface area contributed by atoms with Gasteiger partial charge in [0.15, 0.2) is 39.9 Å². The zero-order chi connectivity index (χ0) is 27.0. The lowest BCUT2D eigenvalue weighted by Crippen LogP contribution is -2.56. The quantitative estimate of drug-likeness (QED) is 0.192. The number of ether oxygens (including phenoxy) is 5. The maximum Gasteiger partial charge on any atom is 0.180 e. The first-order valence-corrected chi connectivity index (χ1v) is 14.0. The summed E-state index contributed by atoms with van der Waals surface area (Å²) in [7, 11) is 0. The minimum atomic E-state index is -0.507. The molecule has 4 aromatic rings. The van der Waals surface area contributed by atoms with E-state index in [2.05, 4.69) is 64.1 Å². The van der Waals surface area contributed by atoms with E-state index in [1.807, 2.05) is 27.7 Å². The van der Waals surface area contributed by atoms with Crippen LogP contribution in [-0.4, -0.2) is 29.3 Å². The first-order chi connectivity index (χ1) is 18.0. The first-order valence-electron chi connectivity index (χ1n) is 13.2. The Hall–Kier alpha value is -3.19. The number of benzene rings is 4. The number of hydrogen-bond donors (Lipinski definition) is 0. The highest BCUT2D eigenvalue weighted by Crippen LogP contribution is 2.51. The van der Waals surface area contributed by atoms with E-state index in [1.165, 1.54) is 12.0 Å². The molecule has 0 saturated carbocycles. The molecule has 1 atom stereocenters. The van der Waals surface area contributed by atoms with Gasteiger partial charge in [0.05, 0.1) is 12.7 Å². The van der Waals surface area contributed by atoms with Crippen molar-refractivity contribution in [2.45, 2.75) is 78.1 Å². The van der Waals surface area contributed by atoms with Crippen molar-refractivity contribution in [1.82, 2.24) is 0 Å². The maximum absolute atomic E-state index is 6.53. The van der Waals surface area contributed by atoms with E-state index in [0.717, 1.165) is 49.6 Å². The standard InChI is InChI=1S/C31H34O6S/c1-9-32-24-10-18-19(11-25(24)33-16(2)3)20-12-26-29(37-38-17(4)34-26)15-23(20)22-14-28-27(13-21(18)22)35-30(5,6)31(7,8)36-28/h10-17H,9H2,1-8H3. The summed E-state index contributed by atoms with van der Waals surface area (Å²) in [5.41, 5.74) is -1.11. The van der Waals surface area contributed by atoms with Gasteiger partial charge in [-0.15, -0.1) is 0 Å². The number of fused-ring (bicyclic) bond motifs is 8. The monoisotopic (exact) mass is 534 g/mol. The summed E-state index contributed by atoms with van der Waals surface area (Å²) in [6, 6.07) is 12.5. The highest BCUT2D eigenvalue weighted by molar-refractivity contribution is 7.95. The Morgan fingerprint density at radius 3 is 1.74 bits per heavy atom. The molecule has 2 heterocycles. The van der Waals surface area contributed by atoms with E-state index < -0.39 is 11.2 Å². The first kappa shape index (κ1) is 25.1. The SMILES string of the molecule is CCOc1cc2c(cc1OC(C)C)c1cc3c(cc1c1cc4c(cc21)OC(C)(C)C(C)(C)O4)OSC(C)O3. The van der Waals surface area contributed by atoms with Crippen molar-refractivity contribution in [1.29, 1.82) is 0 Å². The molecular weight excluding hydrogens is 500 g/mol. The van der Waals surface area contributed by atoms with Crippen LogP contribution in [0.5, 0.6) is 34.5 Å². The van der Waals surface area contributed by atoms with Crippen LogP contribution < -0.4 is 27.9 Å². The minimum absolute atomic E-state index is 0.00361. The second-order valence-corrected chi connectivity index (χ2v) is 12.2. The largest absolute Gasteiger partial charge is 0.490 e. The summed E-state index contributed by atoms with van der Waals surface area (Å²) in [6.07, 6.45) is 0.00361. The molecule has 0 radical (unpaired) electrons. The summed E-state index contributed by atoms with van der Waals surface area (Å²) < 4.78 is 37.5. The van der Waals surface area contributed by atoms with Crippen molar-refractivity contribution in [3.8, 4) is 34.5 Å². The normalized spacial score (nSPS) is 19.2. The van der Waals surface area contributed by atoms with Crippen LogP contribution in [0.15, 0.2) is 36.4 Å². The van der Waals surface area contributed by atoms with E-state index in [-0.39, 0.29) is 11.5 Å². The van der Waals surface area contributed by atoms with Crippen LogP contribution in [0.1, 0.15) is 55.4 Å². The average Bonchev–Trinajstić information content (AvgIpc) is 2.83. The molecule has 6 rings (SSSR count). The van der Waals surface area contributed by atoms with Gasteiger partial charge in [-0.25, -0.2) is 0 Å². The van der Waals surface area contributed by atoms with Crippen molar-refractivity contribution < 1.29 is 27.9 Å². The zero-order valence-electron chi connectivity index (χ0n) is 23.2. The lowest BCUT2D eigenvalue weighted by atomic mass is 9.87. The second kappa shape index (κ2) is 8.67. The Bertz CT molecular complexity index is 1590. The van der Waals surface area contributed by atoms with Crippen LogP contribution in [-0.2, 0) is 0 Å². The molecule has 2 aliphatic rings. The third kappa shape index (κ3) is 3.94. The van der Waals surface area contributed by atoms with Crippen LogP contribution in [0.4, 0.5) is 0 Å². The summed E-state index contributed by atoms with van der Waals surface area (Å²) in [5, 5.41) is 6.25. The third-order valence-corrected chi connectivity index (χ3v) is 8.17. The Morgan fingerprint density at radius 2 is 1.21 bits per heavy atom. The van der Waals surface area contributed by atoms with Gasteiger partial charge in [0.1, 0.15) is 23.2 Å². The maximum atomic E-state index is 6.53. The fourth-order valence-corrected chi connectivity index (χ4v) is 5.57. The van der Waals surface area contributed by atoms with E-state index in [4.69, 9.17) is 27.9 Å². The molecular formula is C31H34O6S. The van der Waals surface area contributed by atoms with E-state index in [1.54, 1.807) is 0 Å². The Balaban J connectivity index is 1.73. The number of rotatable bonds is 4. The Morgan fingerprint density at radius 1 is 0.737 bits per heavy atom. The smallest absolute Gasteiger partial charge is 0.180 e. The van der Waals surface area contributed by atoms with Crippen LogP contribution in [0.2, 0.25) is 0 Å². The van der Waals surface area contributed by atoms with Crippen LogP contribution in [0.25, 0.3) is 32.3 Å². The molecule has 7 heteroatoms. The van der Waals surface area contributed by atoms with Gasteiger partial charge in [0, 0.05) is 0 Å². The third-order valence-electron chi connectivity index (χ3n) is 7.53. The minimum Gasteiger partial charge on any atom is -0.490 e. The molecule has 0 spiro atoms. The summed E-state index contributed by atoms with van der Waals surface area (Å²) >= 11 is 1.31. The number of hydrogen-bond acceptors (Lipinski definition) is 7. The van der Waals surface area contributed by atoms with Crippen molar-refractivity contribution in [2.75, 3.05) is 6.61 Å². The Kier molecular flexibility index (Phi) is 5.73. The molecule has 38 heavy (non-hydrogen) atoms. The average molecular weight is 535 g/mol. The van der Waals surface area contributed by atoms with Crippen molar-refractivity contribution >= 4 is 44.4 Å². The fourth-order valence-electron chi connectivity index (χ4n) is 5.06. The molecule has 200 valence electrons. The molecule has 0 amide bonds. The molecule has 2 aliphatic heterocycles. The molecule has 0 saturated heterocycles. The lowest BCUT2D eigenvalue weighted by Gasteiger charge is -2.45. The zero-order valence-corrected chi connectivity index (χ0v) is 24.0. The van der Waals surface area contributed by atoms with Crippen LogP contribution in [0, 0.1) is 0 Å². The highest BCUT2D eigenvalue weighted by atomic mass is 32.2.